The zero-order valence-corrected chi connectivity index (χ0v) is 15.9. The molecule has 4 nitrogen and oxygen atoms in total. The lowest BCUT2D eigenvalue weighted by Gasteiger charge is -2.40. The molecule has 0 bridgehead atoms. The summed E-state index contributed by atoms with van der Waals surface area (Å²) >= 11 is 0. The van der Waals surface area contributed by atoms with Crippen molar-refractivity contribution in [3.05, 3.63) is 95.6 Å². The number of alkyl halides is 3. The first-order chi connectivity index (χ1) is 14.4. The number of nitrogens with zero attached hydrogens (tertiary/aromatic N) is 3. The summed E-state index contributed by atoms with van der Waals surface area (Å²) in [7, 11) is 0. The maximum atomic E-state index is 14.9. The zero-order valence-electron chi connectivity index (χ0n) is 15.9. The van der Waals surface area contributed by atoms with Crippen LogP contribution in [-0.2, 0) is 10.5 Å². The maximum Gasteiger partial charge on any atom is 0.454 e. The van der Waals surface area contributed by atoms with Crippen molar-refractivity contribution in [1.29, 1.82) is 0 Å². The van der Waals surface area contributed by atoms with Crippen molar-refractivity contribution in [1.82, 2.24) is 9.55 Å². The minimum absolute atomic E-state index is 0.0537. The summed E-state index contributed by atoms with van der Waals surface area (Å²) in [5, 5.41) is 0. The van der Waals surface area contributed by atoms with Gasteiger partial charge in [0, 0.05) is 11.1 Å². The van der Waals surface area contributed by atoms with Gasteiger partial charge in [-0.15, -0.1) is 0 Å². The molecule has 3 aromatic carbocycles. The number of halogens is 3. The molecular weight excluding hydrogens is 391 g/mol. The largest absolute Gasteiger partial charge is 0.454 e. The average Bonchev–Trinajstić information content (AvgIpc) is 3.11. The number of aliphatic imine (C=N–C) groups is 1. The Morgan fingerprint density at radius 1 is 0.900 bits per heavy atom. The fourth-order valence-electron chi connectivity index (χ4n) is 3.80. The van der Waals surface area contributed by atoms with Crippen LogP contribution in [0.2, 0.25) is 0 Å². The van der Waals surface area contributed by atoms with E-state index in [1.54, 1.807) is 60.7 Å². The molecule has 30 heavy (non-hydrogen) atoms. The summed E-state index contributed by atoms with van der Waals surface area (Å²) in [4.78, 5) is 8.76. The van der Waals surface area contributed by atoms with Gasteiger partial charge in [0.05, 0.1) is 11.0 Å². The Hall–Kier alpha value is -3.61. The summed E-state index contributed by atoms with van der Waals surface area (Å²) in [6.45, 7) is 1.86. The fraction of sp³-hybridized carbons (Fsp3) is 0.130. The van der Waals surface area contributed by atoms with Gasteiger partial charge in [-0.2, -0.15) is 18.2 Å². The number of hydrogen-bond acceptors (Lipinski definition) is 3. The average molecular weight is 407 g/mol. The van der Waals surface area contributed by atoms with E-state index in [0.29, 0.717) is 16.6 Å². The first kappa shape index (κ1) is 18.4. The van der Waals surface area contributed by atoms with E-state index in [-0.39, 0.29) is 17.4 Å². The molecule has 1 aliphatic rings. The number of rotatable bonds is 2. The van der Waals surface area contributed by atoms with E-state index in [1.807, 2.05) is 13.0 Å². The van der Waals surface area contributed by atoms with E-state index in [9.17, 15) is 13.2 Å². The van der Waals surface area contributed by atoms with Gasteiger partial charge >= 0.3 is 11.9 Å². The highest BCUT2D eigenvalue weighted by Gasteiger charge is 2.63. The van der Waals surface area contributed by atoms with Gasteiger partial charge in [0.15, 0.2) is 0 Å². The van der Waals surface area contributed by atoms with Gasteiger partial charge in [0.2, 0.25) is 11.8 Å². The van der Waals surface area contributed by atoms with Crippen molar-refractivity contribution < 1.29 is 17.9 Å². The number of para-hydroxylation sites is 2. The first-order valence-electron chi connectivity index (χ1n) is 9.35. The molecule has 0 saturated heterocycles. The zero-order chi connectivity index (χ0) is 20.9. The Labute approximate surface area is 170 Å². The minimum atomic E-state index is -4.79. The second-order valence-corrected chi connectivity index (χ2v) is 7.13. The number of ether oxygens (including phenoxy) is 1. The minimum Gasteiger partial charge on any atom is -0.436 e. The summed E-state index contributed by atoms with van der Waals surface area (Å²) in [6, 6.07) is 21.3. The summed E-state index contributed by atoms with van der Waals surface area (Å²) in [5.74, 6) is -0.178. The van der Waals surface area contributed by atoms with Gasteiger partial charge in [0.1, 0.15) is 0 Å². The molecule has 4 aromatic rings. The second-order valence-electron chi connectivity index (χ2n) is 7.13. The lowest BCUT2D eigenvalue weighted by molar-refractivity contribution is -0.271. The van der Waals surface area contributed by atoms with Crippen molar-refractivity contribution in [3.8, 4) is 0 Å². The predicted molar refractivity (Wildman–Crippen MR) is 108 cm³/mol. The molecule has 0 N–H and O–H groups in total. The van der Waals surface area contributed by atoms with Crippen molar-refractivity contribution in [2.45, 2.75) is 18.8 Å². The standard InChI is InChI=1S/C23H16F3N3O/c1-15-8-7-9-16(14-15)20-28-21-27-18-12-5-6-13-19(18)29(21)22(30-20,23(24,25)26)17-10-3-2-4-11-17/h2-14H,1H3/t22-/m0/s1. The second kappa shape index (κ2) is 6.45. The number of aromatic nitrogens is 2. The Bertz CT molecular complexity index is 1280. The fourth-order valence-corrected chi connectivity index (χ4v) is 3.80. The monoisotopic (exact) mass is 407 g/mol. The molecule has 5 rings (SSSR count). The summed E-state index contributed by atoms with van der Waals surface area (Å²) in [6.07, 6.45) is -4.79. The Balaban J connectivity index is 1.88. The smallest absolute Gasteiger partial charge is 0.436 e. The van der Waals surface area contributed by atoms with Crippen molar-refractivity contribution in [2.24, 2.45) is 4.99 Å². The Morgan fingerprint density at radius 2 is 1.63 bits per heavy atom. The molecule has 2 heterocycles. The van der Waals surface area contributed by atoms with Crippen LogP contribution in [0.25, 0.3) is 11.0 Å². The summed E-state index contributed by atoms with van der Waals surface area (Å²) in [5.41, 5.74) is -0.814. The number of fused-ring (bicyclic) bond motifs is 3. The highest BCUT2D eigenvalue weighted by atomic mass is 19.4. The van der Waals surface area contributed by atoms with Crippen LogP contribution in [0, 0.1) is 6.92 Å². The summed E-state index contributed by atoms with van der Waals surface area (Å²) < 4.78 is 51.6. The van der Waals surface area contributed by atoms with E-state index in [2.05, 4.69) is 9.98 Å². The Kier molecular flexibility index (Phi) is 3.96. The molecule has 0 unspecified atom stereocenters. The SMILES string of the molecule is Cc1cccc(C2=Nc3nc4ccccc4n3[C@](c3ccccc3)(C(F)(F)F)O2)c1. The molecule has 0 saturated carbocycles. The van der Waals surface area contributed by atoms with Gasteiger partial charge in [0.25, 0.3) is 0 Å². The molecular formula is C23H16F3N3O. The Morgan fingerprint density at radius 3 is 2.37 bits per heavy atom. The maximum absolute atomic E-state index is 14.9. The molecule has 0 spiro atoms. The molecule has 0 radical (unpaired) electrons. The normalized spacial score (nSPS) is 18.6. The quantitative estimate of drug-likeness (QED) is 0.427. The van der Waals surface area contributed by atoms with Crippen LogP contribution < -0.4 is 0 Å². The van der Waals surface area contributed by atoms with Crippen LogP contribution >= 0.6 is 0 Å². The number of aryl methyl sites for hydroxylation is 1. The van der Waals surface area contributed by atoms with Gasteiger partial charge in [-0.1, -0.05) is 60.2 Å². The number of benzene rings is 3. The molecule has 1 aliphatic heterocycles. The third-order valence-electron chi connectivity index (χ3n) is 5.12. The number of hydrogen-bond donors (Lipinski definition) is 0. The topological polar surface area (TPSA) is 39.4 Å². The molecule has 7 heteroatoms. The molecule has 150 valence electrons. The van der Waals surface area contributed by atoms with E-state index in [1.165, 1.54) is 12.1 Å². The van der Waals surface area contributed by atoms with Crippen LogP contribution in [0.15, 0.2) is 83.9 Å². The third kappa shape index (κ3) is 2.62. The molecule has 0 amide bonds. The predicted octanol–water partition coefficient (Wildman–Crippen LogP) is 5.72. The van der Waals surface area contributed by atoms with Gasteiger partial charge in [-0.05, 0) is 31.2 Å². The lowest BCUT2D eigenvalue weighted by atomic mass is 10.00. The number of imidazole rings is 1. The van der Waals surface area contributed by atoms with Crippen molar-refractivity contribution in [2.75, 3.05) is 0 Å². The van der Waals surface area contributed by atoms with Gasteiger partial charge in [-0.3, -0.25) is 4.57 Å². The molecule has 0 fully saturated rings. The highest BCUT2D eigenvalue weighted by molar-refractivity contribution is 5.97. The van der Waals surface area contributed by atoms with E-state index in [4.69, 9.17) is 4.74 Å². The van der Waals surface area contributed by atoms with E-state index in [0.717, 1.165) is 10.1 Å². The molecule has 0 aliphatic carbocycles. The van der Waals surface area contributed by atoms with Gasteiger partial charge in [-0.25, -0.2) is 4.98 Å². The van der Waals surface area contributed by atoms with E-state index >= 15 is 0 Å². The highest BCUT2D eigenvalue weighted by Crippen LogP contribution is 2.49. The molecule has 1 atom stereocenters. The van der Waals surface area contributed by atoms with Crippen LogP contribution in [0.5, 0.6) is 0 Å². The van der Waals surface area contributed by atoms with Crippen LogP contribution in [0.3, 0.4) is 0 Å². The van der Waals surface area contributed by atoms with E-state index < -0.39 is 11.9 Å². The molecule has 1 aromatic heterocycles. The van der Waals surface area contributed by atoms with Gasteiger partial charge < -0.3 is 4.74 Å². The van der Waals surface area contributed by atoms with Crippen LogP contribution in [-0.4, -0.2) is 21.6 Å². The van der Waals surface area contributed by atoms with Crippen LogP contribution in [0.4, 0.5) is 19.1 Å². The third-order valence-corrected chi connectivity index (χ3v) is 5.12. The van der Waals surface area contributed by atoms with Crippen LogP contribution in [0.1, 0.15) is 16.7 Å². The first-order valence-corrected chi connectivity index (χ1v) is 9.35. The van der Waals surface area contributed by atoms with Crippen molar-refractivity contribution in [3.63, 3.8) is 0 Å². The van der Waals surface area contributed by atoms with Crippen molar-refractivity contribution >= 4 is 22.9 Å². The lowest BCUT2D eigenvalue weighted by Crippen LogP contribution is -2.53.